The number of carbonyl (C=O) groups excluding carboxylic acids is 2. The van der Waals surface area contributed by atoms with Gasteiger partial charge in [-0.05, 0) is 23.6 Å². The summed E-state index contributed by atoms with van der Waals surface area (Å²) >= 11 is 1.44. The summed E-state index contributed by atoms with van der Waals surface area (Å²) in [6.45, 7) is 2.03. The normalized spacial score (nSPS) is 14.7. The first kappa shape index (κ1) is 14.6. The summed E-state index contributed by atoms with van der Waals surface area (Å²) in [5, 5.41) is 1.89. The molecule has 2 aromatic rings. The fourth-order valence-electron chi connectivity index (χ4n) is 2.30. The zero-order valence-corrected chi connectivity index (χ0v) is 12.8. The van der Waals surface area contributed by atoms with Crippen LogP contribution < -0.4 is 4.74 Å². The Labute approximate surface area is 132 Å². The lowest BCUT2D eigenvalue weighted by atomic mass is 10.3. The molecule has 0 radical (unpaired) electrons. The molecular weight excluding hydrogens is 300 g/mol. The molecule has 0 aliphatic carbocycles. The van der Waals surface area contributed by atoms with Crippen molar-refractivity contribution in [2.24, 2.45) is 0 Å². The van der Waals surface area contributed by atoms with Crippen molar-refractivity contribution in [2.45, 2.75) is 0 Å². The van der Waals surface area contributed by atoms with E-state index in [0.29, 0.717) is 31.9 Å². The summed E-state index contributed by atoms with van der Waals surface area (Å²) in [6, 6.07) is 12.7. The second-order valence-electron chi connectivity index (χ2n) is 4.94. The molecule has 2 heterocycles. The van der Waals surface area contributed by atoms with Crippen LogP contribution in [0.1, 0.15) is 9.67 Å². The van der Waals surface area contributed by atoms with E-state index in [0.717, 1.165) is 4.88 Å². The Balaban J connectivity index is 1.53. The van der Waals surface area contributed by atoms with E-state index in [1.165, 1.54) is 11.3 Å². The van der Waals surface area contributed by atoms with Crippen LogP contribution in [-0.2, 0) is 0 Å². The number of para-hydroxylation sites is 1. The van der Waals surface area contributed by atoms with Gasteiger partial charge in [-0.3, -0.25) is 4.79 Å². The summed E-state index contributed by atoms with van der Waals surface area (Å²) in [5.41, 5.74) is 0. The third-order valence-corrected chi connectivity index (χ3v) is 4.36. The molecule has 0 unspecified atom stereocenters. The molecule has 3 rings (SSSR count). The summed E-state index contributed by atoms with van der Waals surface area (Å²) in [4.78, 5) is 28.4. The van der Waals surface area contributed by atoms with Crippen molar-refractivity contribution >= 4 is 23.3 Å². The van der Waals surface area contributed by atoms with Gasteiger partial charge in [0.1, 0.15) is 5.75 Å². The van der Waals surface area contributed by atoms with Gasteiger partial charge in [-0.1, -0.05) is 24.3 Å². The minimum Gasteiger partial charge on any atom is -0.410 e. The third-order valence-electron chi connectivity index (χ3n) is 3.51. The monoisotopic (exact) mass is 316 g/mol. The van der Waals surface area contributed by atoms with Crippen LogP contribution in [0.3, 0.4) is 0 Å². The summed E-state index contributed by atoms with van der Waals surface area (Å²) in [7, 11) is 0. The van der Waals surface area contributed by atoms with Gasteiger partial charge in [0.2, 0.25) is 0 Å². The predicted octanol–water partition coefficient (Wildman–Crippen LogP) is 2.70. The zero-order chi connectivity index (χ0) is 15.4. The highest BCUT2D eigenvalue weighted by molar-refractivity contribution is 7.12. The molecule has 22 heavy (non-hydrogen) atoms. The first-order chi connectivity index (χ1) is 10.7. The fourth-order valence-corrected chi connectivity index (χ4v) is 2.99. The van der Waals surface area contributed by atoms with Crippen molar-refractivity contribution in [3.63, 3.8) is 0 Å². The topological polar surface area (TPSA) is 49.9 Å². The molecule has 0 N–H and O–H groups in total. The lowest BCUT2D eigenvalue weighted by molar-refractivity contribution is 0.0638. The Bertz CT molecular complexity index is 635. The summed E-state index contributed by atoms with van der Waals surface area (Å²) in [5.74, 6) is 0.565. The molecule has 1 aromatic carbocycles. The number of rotatable bonds is 2. The minimum atomic E-state index is -0.366. The highest BCUT2D eigenvalue weighted by atomic mass is 32.1. The SMILES string of the molecule is O=C(Oc1ccccc1)N1CCN(C(=O)c2cccs2)CC1. The first-order valence-electron chi connectivity index (χ1n) is 7.08. The Morgan fingerprint density at radius 3 is 2.23 bits per heavy atom. The maximum atomic E-state index is 12.2. The Morgan fingerprint density at radius 1 is 0.909 bits per heavy atom. The van der Waals surface area contributed by atoms with E-state index in [1.807, 2.05) is 35.7 Å². The molecule has 114 valence electrons. The van der Waals surface area contributed by atoms with Crippen LogP contribution in [0.25, 0.3) is 0 Å². The molecular formula is C16H16N2O3S. The molecule has 1 aromatic heterocycles. The molecule has 2 amide bonds. The van der Waals surface area contributed by atoms with Crippen LogP contribution in [0.5, 0.6) is 5.75 Å². The Morgan fingerprint density at radius 2 is 1.59 bits per heavy atom. The van der Waals surface area contributed by atoms with E-state index < -0.39 is 0 Å². The number of thiophene rings is 1. The van der Waals surface area contributed by atoms with Crippen molar-refractivity contribution in [3.05, 3.63) is 52.7 Å². The standard InChI is InChI=1S/C16H16N2O3S/c19-15(14-7-4-12-22-14)17-8-10-18(11-9-17)16(20)21-13-5-2-1-3-6-13/h1-7,12H,8-11H2. The van der Waals surface area contributed by atoms with Gasteiger partial charge in [0.25, 0.3) is 5.91 Å². The van der Waals surface area contributed by atoms with E-state index in [2.05, 4.69) is 0 Å². The van der Waals surface area contributed by atoms with E-state index in [9.17, 15) is 9.59 Å². The maximum Gasteiger partial charge on any atom is 0.415 e. The number of amides is 2. The van der Waals surface area contributed by atoms with E-state index in [1.54, 1.807) is 21.9 Å². The number of benzene rings is 1. The smallest absolute Gasteiger partial charge is 0.410 e. The molecule has 1 aliphatic heterocycles. The van der Waals surface area contributed by atoms with Crippen molar-refractivity contribution < 1.29 is 14.3 Å². The van der Waals surface area contributed by atoms with Crippen LogP contribution in [-0.4, -0.2) is 48.0 Å². The van der Waals surface area contributed by atoms with E-state index >= 15 is 0 Å². The Kier molecular flexibility index (Phi) is 4.39. The fraction of sp³-hybridized carbons (Fsp3) is 0.250. The average molecular weight is 316 g/mol. The van der Waals surface area contributed by atoms with Crippen molar-refractivity contribution in [2.75, 3.05) is 26.2 Å². The van der Waals surface area contributed by atoms with Gasteiger partial charge in [-0.25, -0.2) is 4.79 Å². The van der Waals surface area contributed by atoms with Gasteiger partial charge in [0, 0.05) is 26.2 Å². The average Bonchev–Trinajstić information content (AvgIpc) is 3.10. The van der Waals surface area contributed by atoms with Crippen LogP contribution >= 0.6 is 11.3 Å². The number of ether oxygens (including phenoxy) is 1. The molecule has 1 saturated heterocycles. The lowest BCUT2D eigenvalue weighted by Gasteiger charge is -2.33. The molecule has 0 atom stereocenters. The molecule has 1 aliphatic rings. The molecule has 0 bridgehead atoms. The van der Waals surface area contributed by atoms with Gasteiger partial charge in [0.05, 0.1) is 4.88 Å². The maximum absolute atomic E-state index is 12.2. The van der Waals surface area contributed by atoms with Gasteiger partial charge >= 0.3 is 6.09 Å². The highest BCUT2D eigenvalue weighted by Gasteiger charge is 2.26. The minimum absolute atomic E-state index is 0.0334. The molecule has 0 spiro atoms. The van der Waals surface area contributed by atoms with Crippen LogP contribution in [0.2, 0.25) is 0 Å². The summed E-state index contributed by atoms with van der Waals surface area (Å²) < 4.78 is 5.31. The quantitative estimate of drug-likeness (QED) is 0.856. The molecule has 5 nitrogen and oxygen atoms in total. The van der Waals surface area contributed by atoms with Gasteiger partial charge in [-0.2, -0.15) is 0 Å². The number of carbonyl (C=O) groups is 2. The second kappa shape index (κ2) is 6.62. The number of piperazine rings is 1. The molecule has 0 saturated carbocycles. The molecule has 1 fully saturated rings. The van der Waals surface area contributed by atoms with E-state index in [-0.39, 0.29) is 12.0 Å². The number of nitrogens with zero attached hydrogens (tertiary/aromatic N) is 2. The number of hydrogen-bond donors (Lipinski definition) is 0. The highest BCUT2D eigenvalue weighted by Crippen LogP contribution is 2.15. The largest absolute Gasteiger partial charge is 0.415 e. The second-order valence-corrected chi connectivity index (χ2v) is 5.89. The van der Waals surface area contributed by atoms with Crippen molar-refractivity contribution in [3.8, 4) is 5.75 Å². The molecule has 6 heteroatoms. The summed E-state index contributed by atoms with van der Waals surface area (Å²) in [6.07, 6.45) is -0.366. The van der Waals surface area contributed by atoms with Crippen LogP contribution in [0.4, 0.5) is 4.79 Å². The third kappa shape index (κ3) is 3.28. The van der Waals surface area contributed by atoms with Gasteiger partial charge < -0.3 is 14.5 Å². The van der Waals surface area contributed by atoms with Gasteiger partial charge in [-0.15, -0.1) is 11.3 Å². The Hall–Kier alpha value is -2.34. The first-order valence-corrected chi connectivity index (χ1v) is 7.96. The van der Waals surface area contributed by atoms with Gasteiger partial charge in [0.15, 0.2) is 0 Å². The van der Waals surface area contributed by atoms with Crippen LogP contribution in [0.15, 0.2) is 47.8 Å². The van der Waals surface area contributed by atoms with Crippen molar-refractivity contribution in [1.29, 1.82) is 0 Å². The zero-order valence-electron chi connectivity index (χ0n) is 12.0. The number of hydrogen-bond acceptors (Lipinski definition) is 4. The lowest BCUT2D eigenvalue weighted by Crippen LogP contribution is -2.51. The van der Waals surface area contributed by atoms with E-state index in [4.69, 9.17) is 4.74 Å². The van der Waals surface area contributed by atoms with Crippen LogP contribution in [0, 0.1) is 0 Å². The van der Waals surface area contributed by atoms with Crippen molar-refractivity contribution in [1.82, 2.24) is 9.80 Å². The predicted molar refractivity (Wildman–Crippen MR) is 84.3 cm³/mol.